The number of ether oxygens (including phenoxy) is 1. The van der Waals surface area contributed by atoms with Gasteiger partial charge in [-0.25, -0.2) is 4.79 Å². The van der Waals surface area contributed by atoms with Gasteiger partial charge in [0, 0.05) is 38.8 Å². The summed E-state index contributed by atoms with van der Waals surface area (Å²) >= 11 is 0. The Labute approximate surface area is 119 Å². The van der Waals surface area contributed by atoms with Gasteiger partial charge in [0.15, 0.2) is 0 Å². The van der Waals surface area contributed by atoms with Gasteiger partial charge in [-0.3, -0.25) is 4.79 Å². The number of nitrogens with one attached hydrogen (secondary N) is 1. The smallest absolute Gasteiger partial charge is 0.317 e. The second-order valence-electron chi connectivity index (χ2n) is 5.65. The summed E-state index contributed by atoms with van der Waals surface area (Å²) in [6.07, 6.45) is 0. The number of rotatable bonds is 2. The number of hydrogen-bond acceptors (Lipinski definition) is 4. The highest BCUT2D eigenvalue weighted by molar-refractivity contribution is 5.84. The molecule has 2 atom stereocenters. The molecule has 20 heavy (non-hydrogen) atoms. The third kappa shape index (κ3) is 2.73. The Kier molecular flexibility index (Phi) is 4.49. The van der Waals surface area contributed by atoms with Crippen molar-refractivity contribution in [2.24, 2.45) is 11.1 Å². The summed E-state index contributed by atoms with van der Waals surface area (Å²) in [5.41, 5.74) is 5.36. The van der Waals surface area contributed by atoms with Crippen LogP contribution in [0.5, 0.6) is 0 Å². The van der Waals surface area contributed by atoms with E-state index in [0.29, 0.717) is 45.9 Å². The van der Waals surface area contributed by atoms with Crippen molar-refractivity contribution in [3.05, 3.63) is 0 Å². The van der Waals surface area contributed by atoms with E-state index in [2.05, 4.69) is 5.32 Å². The molecule has 2 saturated heterocycles. The van der Waals surface area contributed by atoms with Crippen LogP contribution in [-0.2, 0) is 9.53 Å². The van der Waals surface area contributed by atoms with Crippen molar-refractivity contribution in [2.75, 3.05) is 45.9 Å². The van der Waals surface area contributed by atoms with E-state index in [9.17, 15) is 9.59 Å². The quantitative estimate of drug-likeness (QED) is 0.696. The molecule has 3 N–H and O–H groups in total. The van der Waals surface area contributed by atoms with E-state index in [1.165, 1.54) is 0 Å². The maximum atomic E-state index is 12.6. The van der Waals surface area contributed by atoms with Gasteiger partial charge < -0.3 is 25.6 Å². The normalized spacial score (nSPS) is 30.4. The Hall–Kier alpha value is -1.34. The molecule has 0 aliphatic carbocycles. The number of nitrogens with two attached hydrogens (primary N) is 1. The standard InChI is InChI=1S/C13H24N4O3/c1-3-15-12(19)17-6-4-16(5-7-17)11(18)13(2)9-20-8-10(13)14/h10H,3-9,14H2,1-2H3,(H,15,19). The summed E-state index contributed by atoms with van der Waals surface area (Å²) in [6.45, 7) is 7.40. The maximum absolute atomic E-state index is 12.6. The van der Waals surface area contributed by atoms with Crippen molar-refractivity contribution in [1.82, 2.24) is 15.1 Å². The van der Waals surface area contributed by atoms with Crippen LogP contribution < -0.4 is 11.1 Å². The molecule has 0 bridgehead atoms. The van der Waals surface area contributed by atoms with E-state index in [1.807, 2.05) is 13.8 Å². The molecular weight excluding hydrogens is 260 g/mol. The van der Waals surface area contributed by atoms with Gasteiger partial charge in [0.25, 0.3) is 0 Å². The molecule has 3 amide bonds. The van der Waals surface area contributed by atoms with Gasteiger partial charge in [-0.15, -0.1) is 0 Å². The Morgan fingerprint density at radius 2 is 1.90 bits per heavy atom. The Balaban J connectivity index is 1.90. The molecule has 2 rings (SSSR count). The van der Waals surface area contributed by atoms with Gasteiger partial charge >= 0.3 is 6.03 Å². The zero-order chi connectivity index (χ0) is 14.8. The fraction of sp³-hybridized carbons (Fsp3) is 0.846. The molecule has 0 radical (unpaired) electrons. The zero-order valence-electron chi connectivity index (χ0n) is 12.2. The Bertz CT molecular complexity index is 382. The molecule has 2 aliphatic rings. The summed E-state index contributed by atoms with van der Waals surface area (Å²) in [7, 11) is 0. The lowest BCUT2D eigenvalue weighted by molar-refractivity contribution is -0.143. The van der Waals surface area contributed by atoms with Gasteiger partial charge in [-0.05, 0) is 13.8 Å². The molecule has 114 valence electrons. The first-order valence-electron chi connectivity index (χ1n) is 7.14. The van der Waals surface area contributed by atoms with Gasteiger partial charge in [-0.1, -0.05) is 0 Å². The van der Waals surface area contributed by atoms with E-state index in [0.717, 1.165) is 0 Å². The van der Waals surface area contributed by atoms with Gasteiger partial charge in [-0.2, -0.15) is 0 Å². The van der Waals surface area contributed by atoms with Crippen molar-refractivity contribution in [3.63, 3.8) is 0 Å². The summed E-state index contributed by atoms with van der Waals surface area (Å²) in [5, 5.41) is 2.77. The highest BCUT2D eigenvalue weighted by atomic mass is 16.5. The van der Waals surface area contributed by atoms with Gasteiger partial charge in [0.05, 0.1) is 18.6 Å². The van der Waals surface area contributed by atoms with Crippen molar-refractivity contribution >= 4 is 11.9 Å². The van der Waals surface area contributed by atoms with Crippen LogP contribution in [-0.4, -0.2) is 73.7 Å². The molecule has 7 heteroatoms. The lowest BCUT2D eigenvalue weighted by Gasteiger charge is -2.39. The van der Waals surface area contributed by atoms with E-state index < -0.39 is 5.41 Å². The lowest BCUT2D eigenvalue weighted by atomic mass is 9.84. The average molecular weight is 284 g/mol. The molecule has 7 nitrogen and oxygen atoms in total. The number of urea groups is 1. The van der Waals surface area contributed by atoms with Crippen LogP contribution in [0.15, 0.2) is 0 Å². The fourth-order valence-corrected chi connectivity index (χ4v) is 2.65. The van der Waals surface area contributed by atoms with Crippen LogP contribution in [0.3, 0.4) is 0 Å². The fourth-order valence-electron chi connectivity index (χ4n) is 2.65. The topological polar surface area (TPSA) is 87.9 Å². The third-order valence-corrected chi connectivity index (χ3v) is 4.19. The SMILES string of the molecule is CCNC(=O)N1CCN(C(=O)C2(C)COCC2N)CC1. The Morgan fingerprint density at radius 1 is 1.30 bits per heavy atom. The predicted octanol–water partition coefficient (Wildman–Crippen LogP) is -0.776. The maximum Gasteiger partial charge on any atom is 0.317 e. The first kappa shape index (κ1) is 15.1. The minimum atomic E-state index is -0.631. The second kappa shape index (κ2) is 5.97. The monoisotopic (exact) mass is 284 g/mol. The van der Waals surface area contributed by atoms with Crippen LogP contribution in [0, 0.1) is 5.41 Å². The number of amides is 3. The molecule has 2 unspecified atom stereocenters. The molecule has 0 aromatic carbocycles. The first-order valence-corrected chi connectivity index (χ1v) is 7.14. The Morgan fingerprint density at radius 3 is 2.40 bits per heavy atom. The van der Waals surface area contributed by atoms with Crippen LogP contribution in [0.25, 0.3) is 0 Å². The average Bonchev–Trinajstić information content (AvgIpc) is 2.79. The van der Waals surface area contributed by atoms with Crippen molar-refractivity contribution < 1.29 is 14.3 Å². The molecule has 0 spiro atoms. The number of piperazine rings is 1. The predicted molar refractivity (Wildman–Crippen MR) is 74.1 cm³/mol. The highest BCUT2D eigenvalue weighted by Crippen LogP contribution is 2.29. The molecule has 0 aromatic rings. The molecule has 2 aliphatic heterocycles. The highest BCUT2D eigenvalue weighted by Gasteiger charge is 2.46. The van der Waals surface area contributed by atoms with E-state index >= 15 is 0 Å². The minimum Gasteiger partial charge on any atom is -0.379 e. The molecule has 2 fully saturated rings. The van der Waals surface area contributed by atoms with Crippen LogP contribution in [0.2, 0.25) is 0 Å². The molecule has 0 aromatic heterocycles. The van der Waals surface area contributed by atoms with E-state index in [4.69, 9.17) is 10.5 Å². The van der Waals surface area contributed by atoms with Crippen molar-refractivity contribution in [1.29, 1.82) is 0 Å². The first-order chi connectivity index (χ1) is 9.49. The molecular formula is C13H24N4O3. The second-order valence-corrected chi connectivity index (χ2v) is 5.65. The number of nitrogens with zero attached hydrogens (tertiary/aromatic N) is 2. The van der Waals surface area contributed by atoms with Crippen LogP contribution in [0.4, 0.5) is 4.79 Å². The number of hydrogen-bond donors (Lipinski definition) is 2. The van der Waals surface area contributed by atoms with Crippen LogP contribution in [0.1, 0.15) is 13.8 Å². The van der Waals surface area contributed by atoms with Crippen molar-refractivity contribution in [3.8, 4) is 0 Å². The van der Waals surface area contributed by atoms with E-state index in [-0.39, 0.29) is 18.0 Å². The number of carbonyl (C=O) groups excluding carboxylic acids is 2. The van der Waals surface area contributed by atoms with Crippen molar-refractivity contribution in [2.45, 2.75) is 19.9 Å². The van der Waals surface area contributed by atoms with Gasteiger partial charge in [0.2, 0.25) is 5.91 Å². The summed E-state index contributed by atoms with van der Waals surface area (Å²) in [4.78, 5) is 27.8. The number of carbonyl (C=O) groups is 2. The van der Waals surface area contributed by atoms with E-state index in [1.54, 1.807) is 9.80 Å². The zero-order valence-corrected chi connectivity index (χ0v) is 12.2. The summed E-state index contributed by atoms with van der Waals surface area (Å²) < 4.78 is 5.33. The largest absolute Gasteiger partial charge is 0.379 e. The molecule has 0 saturated carbocycles. The summed E-state index contributed by atoms with van der Waals surface area (Å²) in [6, 6.07) is -0.317. The lowest BCUT2D eigenvalue weighted by Crippen LogP contribution is -2.58. The summed E-state index contributed by atoms with van der Waals surface area (Å²) in [5.74, 6) is 0.0399. The third-order valence-electron chi connectivity index (χ3n) is 4.19. The minimum absolute atomic E-state index is 0.0399. The van der Waals surface area contributed by atoms with Gasteiger partial charge in [0.1, 0.15) is 0 Å². The van der Waals surface area contributed by atoms with Crippen LogP contribution >= 0.6 is 0 Å². The molecule has 2 heterocycles.